The van der Waals surface area contributed by atoms with Crippen LogP contribution in [-0.4, -0.2) is 23.2 Å². The Morgan fingerprint density at radius 2 is 2.29 bits per heavy atom. The van der Waals surface area contributed by atoms with Gasteiger partial charge in [-0.1, -0.05) is 15.9 Å². The smallest absolute Gasteiger partial charge is 0.112 e. The number of rotatable bonds is 3. The molecule has 0 spiro atoms. The molecule has 3 heteroatoms. The van der Waals surface area contributed by atoms with E-state index >= 15 is 0 Å². The summed E-state index contributed by atoms with van der Waals surface area (Å²) in [7, 11) is 0. The Hall–Kier alpha value is 0.370. The molecule has 0 aromatic rings. The minimum atomic E-state index is -0.884. The van der Waals surface area contributed by atoms with E-state index < -0.39 is 6.17 Å². The molecule has 0 aromatic heterocycles. The summed E-state index contributed by atoms with van der Waals surface area (Å²) in [4.78, 5) is 0. The van der Waals surface area contributed by atoms with Gasteiger partial charge >= 0.3 is 0 Å². The highest BCUT2D eigenvalue weighted by atomic mass is 79.9. The number of aliphatic hydroxyl groups excluding tert-OH is 1. The molecule has 0 rings (SSSR count). The van der Waals surface area contributed by atoms with E-state index in [1.54, 1.807) is 0 Å². The zero-order chi connectivity index (χ0) is 5.70. The van der Waals surface area contributed by atoms with Gasteiger partial charge in [-0.15, -0.1) is 0 Å². The topological polar surface area (TPSA) is 20.2 Å². The lowest BCUT2D eigenvalue weighted by Gasteiger charge is -1.96. The first-order valence-corrected chi connectivity index (χ1v) is 3.24. The number of alkyl halides is 2. The van der Waals surface area contributed by atoms with Crippen molar-refractivity contribution in [2.24, 2.45) is 0 Å². The molecule has 0 aliphatic heterocycles. The van der Waals surface area contributed by atoms with Gasteiger partial charge < -0.3 is 5.11 Å². The van der Waals surface area contributed by atoms with Crippen LogP contribution in [0.5, 0.6) is 0 Å². The zero-order valence-electron chi connectivity index (χ0n) is 3.90. The third-order valence-corrected chi connectivity index (χ3v) is 1.31. The fraction of sp³-hybridized carbons (Fsp3) is 1.00. The summed E-state index contributed by atoms with van der Waals surface area (Å²) in [6, 6.07) is 0. The molecule has 44 valence electrons. The molecule has 0 saturated carbocycles. The van der Waals surface area contributed by atoms with Crippen LogP contribution in [0.3, 0.4) is 0 Å². The van der Waals surface area contributed by atoms with Gasteiger partial charge in [-0.25, -0.2) is 4.39 Å². The summed E-state index contributed by atoms with van der Waals surface area (Å²) in [5.74, 6) is 0. The SMILES string of the molecule is OCCC(F)CBr. The van der Waals surface area contributed by atoms with Gasteiger partial charge in [0.2, 0.25) is 0 Å². The third-order valence-electron chi connectivity index (χ3n) is 0.610. The quantitative estimate of drug-likeness (QED) is 0.630. The van der Waals surface area contributed by atoms with Crippen LogP contribution in [0, 0.1) is 0 Å². The van der Waals surface area contributed by atoms with Gasteiger partial charge in [0.1, 0.15) is 6.17 Å². The van der Waals surface area contributed by atoms with Crippen LogP contribution in [0.1, 0.15) is 6.42 Å². The number of aliphatic hydroxyl groups is 1. The monoisotopic (exact) mass is 170 g/mol. The molecular weight excluding hydrogens is 163 g/mol. The van der Waals surface area contributed by atoms with Crippen LogP contribution >= 0.6 is 15.9 Å². The number of hydrogen-bond donors (Lipinski definition) is 1. The molecule has 0 saturated heterocycles. The summed E-state index contributed by atoms with van der Waals surface area (Å²) >= 11 is 2.93. The highest BCUT2D eigenvalue weighted by molar-refractivity contribution is 9.09. The molecule has 1 unspecified atom stereocenters. The van der Waals surface area contributed by atoms with E-state index in [1.807, 2.05) is 0 Å². The van der Waals surface area contributed by atoms with Gasteiger partial charge in [-0.3, -0.25) is 0 Å². The predicted molar refractivity (Wildman–Crippen MR) is 30.4 cm³/mol. The molecule has 0 aliphatic rings. The van der Waals surface area contributed by atoms with Crippen LogP contribution in [-0.2, 0) is 0 Å². The van der Waals surface area contributed by atoms with E-state index in [4.69, 9.17) is 5.11 Å². The van der Waals surface area contributed by atoms with E-state index in [9.17, 15) is 4.39 Å². The fourth-order valence-electron chi connectivity index (χ4n) is 0.217. The molecule has 7 heavy (non-hydrogen) atoms. The van der Waals surface area contributed by atoms with Crippen LogP contribution in [0.25, 0.3) is 0 Å². The average molecular weight is 171 g/mol. The van der Waals surface area contributed by atoms with Crippen molar-refractivity contribution in [3.05, 3.63) is 0 Å². The Labute approximate surface area is 50.7 Å². The average Bonchev–Trinajstić information content (AvgIpc) is 1.68. The minimum absolute atomic E-state index is 0.0627. The summed E-state index contributed by atoms with van der Waals surface area (Å²) in [5.41, 5.74) is 0. The molecule has 1 nitrogen and oxygen atoms in total. The van der Waals surface area contributed by atoms with Gasteiger partial charge in [0.15, 0.2) is 0 Å². The Bertz CT molecular complexity index is 42.7. The molecule has 0 bridgehead atoms. The van der Waals surface area contributed by atoms with E-state index in [0.717, 1.165) is 0 Å². The predicted octanol–water partition coefficient (Wildman–Crippen LogP) is 1.10. The van der Waals surface area contributed by atoms with E-state index in [0.29, 0.717) is 5.33 Å². The second-order valence-electron chi connectivity index (χ2n) is 1.26. The molecule has 0 aliphatic carbocycles. The minimum Gasteiger partial charge on any atom is -0.396 e. The van der Waals surface area contributed by atoms with E-state index in [1.165, 1.54) is 0 Å². The Morgan fingerprint density at radius 1 is 1.71 bits per heavy atom. The zero-order valence-corrected chi connectivity index (χ0v) is 5.49. The summed E-state index contributed by atoms with van der Waals surface area (Å²) in [6.45, 7) is -0.0627. The second-order valence-corrected chi connectivity index (χ2v) is 1.91. The molecule has 0 fully saturated rings. The van der Waals surface area contributed by atoms with Gasteiger partial charge in [0.25, 0.3) is 0 Å². The molecule has 0 heterocycles. The third kappa shape index (κ3) is 4.22. The lowest BCUT2D eigenvalue weighted by Crippen LogP contribution is -2.02. The van der Waals surface area contributed by atoms with Crippen molar-refractivity contribution in [3.63, 3.8) is 0 Å². The van der Waals surface area contributed by atoms with Crippen molar-refractivity contribution in [1.29, 1.82) is 0 Å². The van der Waals surface area contributed by atoms with E-state index in [-0.39, 0.29) is 13.0 Å². The van der Waals surface area contributed by atoms with Gasteiger partial charge in [0.05, 0.1) is 0 Å². The van der Waals surface area contributed by atoms with Crippen molar-refractivity contribution < 1.29 is 9.50 Å². The number of halogens is 2. The van der Waals surface area contributed by atoms with Gasteiger partial charge in [0, 0.05) is 18.4 Å². The van der Waals surface area contributed by atoms with Crippen LogP contribution < -0.4 is 0 Å². The molecule has 1 N–H and O–H groups in total. The first kappa shape index (κ1) is 7.37. The molecule has 0 aromatic carbocycles. The first-order valence-electron chi connectivity index (χ1n) is 2.12. The largest absolute Gasteiger partial charge is 0.396 e. The lowest BCUT2D eigenvalue weighted by atomic mass is 10.3. The summed E-state index contributed by atoms with van der Waals surface area (Å²) in [6.07, 6.45) is -0.643. The standard InChI is InChI=1S/C4H8BrFO/c5-3-4(6)1-2-7/h4,7H,1-3H2. The molecule has 0 radical (unpaired) electrons. The highest BCUT2D eigenvalue weighted by Gasteiger charge is 1.99. The Kier molecular flexibility index (Phi) is 4.77. The van der Waals surface area contributed by atoms with Crippen molar-refractivity contribution in [2.45, 2.75) is 12.6 Å². The second kappa shape index (κ2) is 4.53. The first-order chi connectivity index (χ1) is 3.31. The van der Waals surface area contributed by atoms with Crippen LogP contribution in [0.2, 0.25) is 0 Å². The lowest BCUT2D eigenvalue weighted by molar-refractivity contribution is 0.234. The summed E-state index contributed by atoms with van der Waals surface area (Å²) in [5, 5.41) is 8.43. The van der Waals surface area contributed by atoms with Crippen molar-refractivity contribution in [2.75, 3.05) is 11.9 Å². The van der Waals surface area contributed by atoms with Crippen molar-refractivity contribution in [1.82, 2.24) is 0 Å². The van der Waals surface area contributed by atoms with Crippen LogP contribution in [0.15, 0.2) is 0 Å². The maximum atomic E-state index is 11.9. The van der Waals surface area contributed by atoms with E-state index in [2.05, 4.69) is 15.9 Å². The van der Waals surface area contributed by atoms with Crippen LogP contribution in [0.4, 0.5) is 4.39 Å². The van der Waals surface area contributed by atoms with Crippen molar-refractivity contribution in [3.8, 4) is 0 Å². The summed E-state index contributed by atoms with van der Waals surface area (Å²) < 4.78 is 11.9. The van der Waals surface area contributed by atoms with Gasteiger partial charge in [-0.05, 0) is 0 Å². The Balaban J connectivity index is 2.83. The Morgan fingerprint density at radius 3 is 2.43 bits per heavy atom. The maximum absolute atomic E-state index is 11.9. The van der Waals surface area contributed by atoms with Crippen molar-refractivity contribution >= 4 is 15.9 Å². The normalized spacial score (nSPS) is 14.1. The number of hydrogen-bond acceptors (Lipinski definition) is 1. The molecule has 1 atom stereocenters. The maximum Gasteiger partial charge on any atom is 0.112 e. The molecule has 0 amide bonds. The highest BCUT2D eigenvalue weighted by Crippen LogP contribution is 1.99. The van der Waals surface area contributed by atoms with Gasteiger partial charge in [-0.2, -0.15) is 0 Å². The molecular formula is C4H8BrFO. The fourth-order valence-corrected chi connectivity index (χ4v) is 0.541.